The van der Waals surface area contributed by atoms with Gasteiger partial charge in [0.05, 0.1) is 0 Å². The average molecular weight is 322 g/mol. The molecule has 0 saturated heterocycles. The summed E-state index contributed by atoms with van der Waals surface area (Å²) in [5, 5.41) is 2.99. The molecule has 1 N–H and O–H groups in total. The van der Waals surface area contributed by atoms with E-state index in [9.17, 15) is 4.79 Å². The summed E-state index contributed by atoms with van der Waals surface area (Å²) in [4.78, 5) is 21.4. The highest BCUT2D eigenvalue weighted by molar-refractivity contribution is 5.95. The molecule has 1 aromatic carbocycles. The Bertz CT molecular complexity index is 853. The van der Waals surface area contributed by atoms with E-state index >= 15 is 0 Å². The highest BCUT2D eigenvalue weighted by Crippen LogP contribution is 2.14. The molecule has 0 spiro atoms. The number of carbonyl (C=O) groups is 1. The molecule has 5 heteroatoms. The van der Waals surface area contributed by atoms with Crippen molar-refractivity contribution < 1.29 is 4.79 Å². The van der Waals surface area contributed by atoms with Crippen LogP contribution in [0.25, 0.3) is 11.2 Å². The Kier molecular flexibility index (Phi) is 4.89. The van der Waals surface area contributed by atoms with Crippen molar-refractivity contribution in [3.63, 3.8) is 0 Å². The maximum absolute atomic E-state index is 12.3. The van der Waals surface area contributed by atoms with Crippen LogP contribution in [0.4, 0.5) is 0 Å². The fourth-order valence-corrected chi connectivity index (χ4v) is 2.87. The van der Waals surface area contributed by atoms with Crippen LogP contribution in [0.15, 0.2) is 42.6 Å². The highest BCUT2D eigenvalue weighted by Gasteiger charge is 2.12. The van der Waals surface area contributed by atoms with Crippen LogP contribution in [-0.2, 0) is 13.0 Å². The summed E-state index contributed by atoms with van der Waals surface area (Å²) in [5.41, 5.74) is 3.53. The van der Waals surface area contributed by atoms with Crippen LogP contribution in [0.5, 0.6) is 0 Å². The van der Waals surface area contributed by atoms with Crippen LogP contribution in [0.3, 0.4) is 0 Å². The van der Waals surface area contributed by atoms with E-state index in [2.05, 4.69) is 26.8 Å². The molecule has 1 amide bonds. The number of benzene rings is 1. The zero-order valence-electron chi connectivity index (χ0n) is 14.1. The Balaban J connectivity index is 1.71. The van der Waals surface area contributed by atoms with Crippen molar-refractivity contribution in [1.82, 2.24) is 19.9 Å². The number of nitrogens with zero attached hydrogens (tertiary/aromatic N) is 3. The van der Waals surface area contributed by atoms with Crippen molar-refractivity contribution in [3.8, 4) is 0 Å². The zero-order valence-corrected chi connectivity index (χ0v) is 14.1. The number of aromatic nitrogens is 3. The van der Waals surface area contributed by atoms with E-state index in [-0.39, 0.29) is 5.91 Å². The molecular weight excluding hydrogens is 300 g/mol. The number of pyridine rings is 1. The molecule has 3 rings (SSSR count). The van der Waals surface area contributed by atoms with Crippen molar-refractivity contribution in [2.45, 2.75) is 33.2 Å². The van der Waals surface area contributed by atoms with Crippen molar-refractivity contribution >= 4 is 17.1 Å². The third-order valence-electron chi connectivity index (χ3n) is 4.05. The lowest BCUT2D eigenvalue weighted by atomic mass is 10.1. The molecule has 5 nitrogen and oxygen atoms in total. The van der Waals surface area contributed by atoms with Crippen molar-refractivity contribution in [1.29, 1.82) is 0 Å². The monoisotopic (exact) mass is 322 g/mol. The lowest BCUT2D eigenvalue weighted by molar-refractivity contribution is 0.0953. The summed E-state index contributed by atoms with van der Waals surface area (Å²) in [6, 6.07) is 11.5. The molecule has 124 valence electrons. The van der Waals surface area contributed by atoms with Crippen LogP contribution in [0.2, 0.25) is 0 Å². The Morgan fingerprint density at radius 2 is 2.04 bits per heavy atom. The highest BCUT2D eigenvalue weighted by atomic mass is 16.1. The van der Waals surface area contributed by atoms with Gasteiger partial charge in [-0.2, -0.15) is 0 Å². The second-order valence-corrected chi connectivity index (χ2v) is 5.85. The second-order valence-electron chi connectivity index (χ2n) is 5.85. The molecule has 0 fully saturated rings. The van der Waals surface area contributed by atoms with E-state index in [1.807, 2.05) is 43.3 Å². The third-order valence-corrected chi connectivity index (χ3v) is 4.05. The van der Waals surface area contributed by atoms with E-state index in [1.54, 1.807) is 6.20 Å². The van der Waals surface area contributed by atoms with Crippen LogP contribution in [-0.4, -0.2) is 27.0 Å². The lowest BCUT2D eigenvalue weighted by Gasteiger charge is -2.09. The minimum atomic E-state index is -0.0376. The van der Waals surface area contributed by atoms with Gasteiger partial charge >= 0.3 is 0 Å². The van der Waals surface area contributed by atoms with Crippen LogP contribution < -0.4 is 5.32 Å². The molecule has 2 heterocycles. The van der Waals surface area contributed by atoms with Gasteiger partial charge in [0.15, 0.2) is 5.65 Å². The molecule has 0 bridgehead atoms. The van der Waals surface area contributed by atoms with E-state index in [4.69, 9.17) is 0 Å². The molecule has 0 radical (unpaired) electrons. The van der Waals surface area contributed by atoms with Crippen molar-refractivity contribution in [2.24, 2.45) is 0 Å². The smallest absolute Gasteiger partial charge is 0.251 e. The van der Waals surface area contributed by atoms with Gasteiger partial charge in [-0.15, -0.1) is 0 Å². The van der Waals surface area contributed by atoms with Crippen molar-refractivity contribution in [2.75, 3.05) is 6.54 Å². The van der Waals surface area contributed by atoms with Crippen LogP contribution >= 0.6 is 0 Å². The normalized spacial score (nSPS) is 10.9. The molecule has 0 unspecified atom stereocenters. The maximum atomic E-state index is 12.3. The predicted molar refractivity (Wildman–Crippen MR) is 95.0 cm³/mol. The zero-order chi connectivity index (χ0) is 16.9. The molecule has 0 atom stereocenters. The fraction of sp³-hybridized carbons (Fsp3) is 0.316. The summed E-state index contributed by atoms with van der Waals surface area (Å²) >= 11 is 0. The van der Waals surface area contributed by atoms with E-state index in [1.165, 1.54) is 0 Å². The molecule has 0 aliphatic rings. The number of aryl methyl sites for hydroxylation is 2. The Hall–Kier alpha value is -2.69. The van der Waals surface area contributed by atoms with Gasteiger partial charge in [-0.25, -0.2) is 9.97 Å². The van der Waals surface area contributed by atoms with Crippen LogP contribution in [0.1, 0.15) is 35.1 Å². The van der Waals surface area contributed by atoms with Gasteiger partial charge in [0.2, 0.25) is 0 Å². The number of hydrogen-bond donors (Lipinski definition) is 1. The van der Waals surface area contributed by atoms with Gasteiger partial charge in [0, 0.05) is 31.3 Å². The van der Waals surface area contributed by atoms with Gasteiger partial charge in [-0.3, -0.25) is 4.79 Å². The van der Waals surface area contributed by atoms with E-state index < -0.39 is 0 Å². The van der Waals surface area contributed by atoms with Gasteiger partial charge in [0.25, 0.3) is 5.91 Å². The van der Waals surface area contributed by atoms with E-state index in [0.29, 0.717) is 13.0 Å². The number of amides is 1. The predicted octanol–water partition coefficient (Wildman–Crippen LogP) is 3.12. The number of rotatable bonds is 6. The summed E-state index contributed by atoms with van der Waals surface area (Å²) in [6.45, 7) is 5.52. The first-order valence-electron chi connectivity index (χ1n) is 8.34. The molecule has 3 aromatic rings. The van der Waals surface area contributed by atoms with Gasteiger partial charge < -0.3 is 9.88 Å². The minimum absolute atomic E-state index is 0.0376. The summed E-state index contributed by atoms with van der Waals surface area (Å²) in [7, 11) is 0. The molecule has 2 aromatic heterocycles. The minimum Gasteiger partial charge on any atom is -0.352 e. The molecule has 0 aliphatic heterocycles. The first-order chi connectivity index (χ1) is 11.7. The van der Waals surface area contributed by atoms with Gasteiger partial charge in [-0.05, 0) is 37.1 Å². The fourth-order valence-electron chi connectivity index (χ4n) is 2.87. The Morgan fingerprint density at radius 3 is 2.83 bits per heavy atom. The largest absolute Gasteiger partial charge is 0.352 e. The number of hydrogen-bond acceptors (Lipinski definition) is 3. The summed E-state index contributed by atoms with van der Waals surface area (Å²) in [6.07, 6.45) is 3.50. The standard InChI is InChI=1S/C19H22N4O/c1-3-13-23-17(22-16-9-6-11-20-18(16)23)10-12-21-19(24)15-8-5-4-7-14(15)2/h4-9,11H,3,10,12-13H2,1-2H3,(H,21,24). The lowest BCUT2D eigenvalue weighted by Crippen LogP contribution is -2.27. The molecule has 0 saturated carbocycles. The molecular formula is C19H22N4O. The summed E-state index contributed by atoms with van der Waals surface area (Å²) < 4.78 is 2.15. The number of nitrogens with one attached hydrogen (secondary N) is 1. The second kappa shape index (κ2) is 7.25. The van der Waals surface area contributed by atoms with Gasteiger partial charge in [-0.1, -0.05) is 25.1 Å². The first-order valence-corrected chi connectivity index (χ1v) is 8.34. The molecule has 24 heavy (non-hydrogen) atoms. The summed E-state index contributed by atoms with van der Waals surface area (Å²) in [5.74, 6) is 0.931. The van der Waals surface area contributed by atoms with E-state index in [0.717, 1.165) is 41.1 Å². The topological polar surface area (TPSA) is 59.8 Å². The number of carbonyl (C=O) groups excluding carboxylic acids is 1. The average Bonchev–Trinajstić information content (AvgIpc) is 2.93. The first kappa shape index (κ1) is 16.2. The number of fused-ring (bicyclic) bond motifs is 1. The van der Waals surface area contributed by atoms with Crippen LogP contribution in [0, 0.1) is 6.92 Å². The van der Waals surface area contributed by atoms with Gasteiger partial charge in [0.1, 0.15) is 11.3 Å². The quantitative estimate of drug-likeness (QED) is 0.758. The SMILES string of the molecule is CCCn1c(CCNC(=O)c2ccccc2C)nc2cccnc21. The molecule has 0 aliphatic carbocycles. The van der Waals surface area contributed by atoms with Crippen molar-refractivity contribution in [3.05, 3.63) is 59.5 Å². The Morgan fingerprint density at radius 1 is 1.21 bits per heavy atom. The number of imidazole rings is 1. The Labute approximate surface area is 141 Å². The third kappa shape index (κ3) is 3.30. The maximum Gasteiger partial charge on any atom is 0.251 e.